The standard InChI is InChI=1S/C22H23N3O2/c1-16-13-23-22(18-8-4-3-5-9-18)25(16)19-14-24(15-19)21(26)12-17-7-6-10-20(11-17)27-2/h3-11,13,19H,12,14-15H2,1-2H3. The molecule has 0 unspecified atom stereocenters. The van der Waals surface area contributed by atoms with Crippen LogP contribution in [0.2, 0.25) is 0 Å². The van der Waals surface area contributed by atoms with Gasteiger partial charge in [-0.2, -0.15) is 0 Å². The van der Waals surface area contributed by atoms with E-state index < -0.39 is 0 Å². The number of aromatic nitrogens is 2. The number of imidazole rings is 1. The molecule has 27 heavy (non-hydrogen) atoms. The number of amides is 1. The fourth-order valence-corrected chi connectivity index (χ4v) is 3.60. The van der Waals surface area contributed by atoms with Gasteiger partial charge in [-0.05, 0) is 24.6 Å². The Morgan fingerprint density at radius 3 is 2.67 bits per heavy atom. The van der Waals surface area contributed by atoms with Gasteiger partial charge in [-0.3, -0.25) is 4.79 Å². The van der Waals surface area contributed by atoms with Crippen LogP contribution in [-0.2, 0) is 11.2 Å². The fraction of sp³-hybridized carbons (Fsp3) is 0.273. The van der Waals surface area contributed by atoms with Gasteiger partial charge in [-0.1, -0.05) is 42.5 Å². The number of carbonyl (C=O) groups excluding carboxylic acids is 1. The number of methoxy groups -OCH3 is 1. The fourth-order valence-electron chi connectivity index (χ4n) is 3.60. The summed E-state index contributed by atoms with van der Waals surface area (Å²) in [7, 11) is 1.64. The monoisotopic (exact) mass is 361 g/mol. The zero-order valence-corrected chi connectivity index (χ0v) is 15.6. The van der Waals surface area contributed by atoms with Gasteiger partial charge in [0, 0.05) is 30.5 Å². The third kappa shape index (κ3) is 3.45. The summed E-state index contributed by atoms with van der Waals surface area (Å²) in [5.74, 6) is 1.90. The highest BCUT2D eigenvalue weighted by atomic mass is 16.5. The molecular formula is C22H23N3O2. The van der Waals surface area contributed by atoms with Crippen LogP contribution < -0.4 is 4.74 Å². The molecule has 0 atom stereocenters. The SMILES string of the molecule is COc1cccc(CC(=O)N2CC(n3c(C)cnc3-c3ccccc3)C2)c1. The minimum absolute atomic E-state index is 0.151. The Morgan fingerprint density at radius 1 is 1.15 bits per heavy atom. The van der Waals surface area contributed by atoms with E-state index in [4.69, 9.17) is 4.74 Å². The minimum Gasteiger partial charge on any atom is -0.497 e. The van der Waals surface area contributed by atoms with E-state index in [1.165, 1.54) is 0 Å². The molecule has 1 fully saturated rings. The maximum atomic E-state index is 12.6. The van der Waals surface area contributed by atoms with Crippen molar-refractivity contribution in [3.8, 4) is 17.1 Å². The molecule has 1 saturated heterocycles. The number of hydrogen-bond acceptors (Lipinski definition) is 3. The lowest BCUT2D eigenvalue weighted by molar-refractivity contribution is -0.136. The average Bonchev–Trinajstić information content (AvgIpc) is 3.03. The molecule has 1 amide bonds. The van der Waals surface area contributed by atoms with Crippen molar-refractivity contribution in [2.75, 3.05) is 20.2 Å². The van der Waals surface area contributed by atoms with Gasteiger partial charge in [0.05, 0.1) is 19.6 Å². The van der Waals surface area contributed by atoms with Gasteiger partial charge in [-0.15, -0.1) is 0 Å². The highest BCUT2D eigenvalue weighted by molar-refractivity contribution is 5.79. The minimum atomic E-state index is 0.151. The van der Waals surface area contributed by atoms with Crippen molar-refractivity contribution >= 4 is 5.91 Å². The molecule has 5 nitrogen and oxygen atoms in total. The Labute approximate surface area is 159 Å². The van der Waals surface area contributed by atoms with Crippen molar-refractivity contribution in [3.63, 3.8) is 0 Å². The van der Waals surface area contributed by atoms with Crippen molar-refractivity contribution in [2.24, 2.45) is 0 Å². The molecule has 0 bridgehead atoms. The second kappa shape index (κ2) is 7.27. The van der Waals surface area contributed by atoms with Crippen molar-refractivity contribution in [3.05, 3.63) is 72.1 Å². The number of likely N-dealkylation sites (tertiary alicyclic amines) is 1. The number of hydrogen-bond donors (Lipinski definition) is 0. The lowest BCUT2D eigenvalue weighted by Gasteiger charge is -2.41. The lowest BCUT2D eigenvalue weighted by atomic mass is 10.0. The third-order valence-electron chi connectivity index (χ3n) is 5.08. The molecule has 3 aromatic rings. The van der Waals surface area contributed by atoms with Gasteiger partial charge in [0.2, 0.25) is 5.91 Å². The van der Waals surface area contributed by atoms with E-state index in [-0.39, 0.29) is 11.9 Å². The van der Waals surface area contributed by atoms with E-state index >= 15 is 0 Å². The first-order chi connectivity index (χ1) is 13.2. The van der Waals surface area contributed by atoms with Crippen LogP contribution in [0.4, 0.5) is 0 Å². The van der Waals surface area contributed by atoms with E-state index in [2.05, 4.69) is 28.6 Å². The number of aryl methyl sites for hydroxylation is 1. The summed E-state index contributed by atoms with van der Waals surface area (Å²) in [5.41, 5.74) is 3.21. The van der Waals surface area contributed by atoms with Gasteiger partial charge < -0.3 is 14.2 Å². The maximum absolute atomic E-state index is 12.6. The van der Waals surface area contributed by atoms with Gasteiger partial charge in [0.15, 0.2) is 0 Å². The number of nitrogens with zero attached hydrogens (tertiary/aromatic N) is 3. The van der Waals surface area contributed by atoms with Gasteiger partial charge >= 0.3 is 0 Å². The Hall–Kier alpha value is -3.08. The smallest absolute Gasteiger partial charge is 0.227 e. The van der Waals surface area contributed by atoms with Crippen molar-refractivity contribution in [2.45, 2.75) is 19.4 Å². The van der Waals surface area contributed by atoms with E-state index in [1.54, 1.807) is 7.11 Å². The number of rotatable bonds is 5. The summed E-state index contributed by atoms with van der Waals surface area (Å²) in [6, 6.07) is 18.2. The summed E-state index contributed by atoms with van der Waals surface area (Å²) >= 11 is 0. The van der Waals surface area contributed by atoms with Crippen LogP contribution in [0.3, 0.4) is 0 Å². The molecular weight excluding hydrogens is 338 g/mol. The zero-order valence-electron chi connectivity index (χ0n) is 15.6. The van der Waals surface area contributed by atoms with Crippen LogP contribution in [0.15, 0.2) is 60.8 Å². The highest BCUT2D eigenvalue weighted by Crippen LogP contribution is 2.30. The number of carbonyl (C=O) groups is 1. The van der Waals surface area contributed by atoms with Crippen LogP contribution in [0.1, 0.15) is 17.3 Å². The maximum Gasteiger partial charge on any atom is 0.227 e. The van der Waals surface area contributed by atoms with Crippen LogP contribution in [0.5, 0.6) is 5.75 Å². The molecule has 0 aliphatic carbocycles. The third-order valence-corrected chi connectivity index (χ3v) is 5.08. The second-order valence-corrected chi connectivity index (χ2v) is 6.94. The second-order valence-electron chi connectivity index (χ2n) is 6.94. The normalized spacial score (nSPS) is 14.1. The summed E-state index contributed by atoms with van der Waals surface area (Å²) in [5, 5.41) is 0. The first-order valence-corrected chi connectivity index (χ1v) is 9.15. The molecule has 2 aromatic carbocycles. The van der Waals surface area contributed by atoms with Crippen LogP contribution in [0, 0.1) is 6.92 Å². The van der Waals surface area contributed by atoms with Crippen LogP contribution in [-0.4, -0.2) is 40.6 Å². The summed E-state index contributed by atoms with van der Waals surface area (Å²) in [4.78, 5) is 19.1. The first kappa shape index (κ1) is 17.3. The van der Waals surface area contributed by atoms with E-state index in [9.17, 15) is 4.79 Å². The van der Waals surface area contributed by atoms with E-state index in [0.717, 1.165) is 41.5 Å². The molecule has 0 spiro atoms. The summed E-state index contributed by atoms with van der Waals surface area (Å²) in [6.45, 7) is 3.51. The van der Waals surface area contributed by atoms with Gasteiger partial charge in [0.1, 0.15) is 11.6 Å². The predicted molar refractivity (Wildman–Crippen MR) is 105 cm³/mol. The number of benzene rings is 2. The van der Waals surface area contributed by atoms with Crippen molar-refractivity contribution < 1.29 is 9.53 Å². The van der Waals surface area contributed by atoms with Crippen LogP contribution in [0.25, 0.3) is 11.4 Å². The Morgan fingerprint density at radius 2 is 1.93 bits per heavy atom. The molecule has 138 valence electrons. The first-order valence-electron chi connectivity index (χ1n) is 9.15. The summed E-state index contributed by atoms with van der Waals surface area (Å²) < 4.78 is 7.49. The Balaban J connectivity index is 1.44. The average molecular weight is 361 g/mol. The number of ether oxygens (including phenoxy) is 1. The molecule has 1 aliphatic rings. The van der Waals surface area contributed by atoms with Gasteiger partial charge in [0.25, 0.3) is 0 Å². The lowest BCUT2D eigenvalue weighted by Crippen LogP contribution is -2.51. The molecule has 1 aromatic heterocycles. The van der Waals surface area contributed by atoms with E-state index in [0.29, 0.717) is 6.42 Å². The summed E-state index contributed by atoms with van der Waals surface area (Å²) in [6.07, 6.45) is 2.31. The largest absolute Gasteiger partial charge is 0.497 e. The molecule has 2 heterocycles. The molecule has 1 aliphatic heterocycles. The Kier molecular flexibility index (Phi) is 4.67. The molecule has 4 rings (SSSR count). The van der Waals surface area contributed by atoms with Gasteiger partial charge in [-0.25, -0.2) is 4.98 Å². The van der Waals surface area contributed by atoms with Crippen molar-refractivity contribution in [1.29, 1.82) is 0 Å². The zero-order chi connectivity index (χ0) is 18.8. The molecule has 0 saturated carbocycles. The molecule has 0 radical (unpaired) electrons. The predicted octanol–water partition coefficient (Wildman–Crippen LogP) is 3.49. The van der Waals surface area contributed by atoms with Crippen LogP contribution >= 0.6 is 0 Å². The van der Waals surface area contributed by atoms with Crippen molar-refractivity contribution in [1.82, 2.24) is 14.5 Å². The topological polar surface area (TPSA) is 47.4 Å². The highest BCUT2D eigenvalue weighted by Gasteiger charge is 2.33. The van der Waals surface area contributed by atoms with E-state index in [1.807, 2.05) is 53.6 Å². The quantitative estimate of drug-likeness (QED) is 0.699. The Bertz CT molecular complexity index is 943. The molecule has 0 N–H and O–H groups in total. The molecule has 5 heteroatoms.